The largest absolute Gasteiger partial charge is 0.396 e. The number of aromatic nitrogens is 2. The van der Waals surface area contributed by atoms with E-state index in [2.05, 4.69) is 14.9 Å². The Labute approximate surface area is 94.1 Å². The Bertz CT molecular complexity index is 348. The summed E-state index contributed by atoms with van der Waals surface area (Å²) in [6.07, 6.45) is 5.16. The second-order valence-corrected chi connectivity index (χ2v) is 4.05. The molecule has 1 aliphatic rings. The number of hydrogen-bond donors (Lipinski definition) is 1. The molecule has 88 valence electrons. The van der Waals surface area contributed by atoms with Gasteiger partial charge >= 0.3 is 0 Å². The lowest BCUT2D eigenvalue weighted by Gasteiger charge is -2.25. The van der Waals surface area contributed by atoms with Crippen molar-refractivity contribution in [2.24, 2.45) is 0 Å². The van der Waals surface area contributed by atoms with Crippen LogP contribution in [0.15, 0.2) is 12.4 Å². The molecule has 1 aromatic rings. The number of aliphatic hydroxyl groups excluding tert-OH is 1. The van der Waals surface area contributed by atoms with Crippen molar-refractivity contribution in [1.29, 1.82) is 0 Å². The Hall–Kier alpha value is -1.23. The molecule has 1 aliphatic heterocycles. The van der Waals surface area contributed by atoms with E-state index in [1.54, 1.807) is 0 Å². The zero-order chi connectivity index (χ0) is 11.4. The van der Waals surface area contributed by atoms with E-state index in [1.807, 2.05) is 0 Å². The zero-order valence-electron chi connectivity index (χ0n) is 9.14. The molecule has 1 unspecified atom stereocenters. The molecule has 16 heavy (non-hydrogen) atoms. The smallest absolute Gasteiger partial charge is 0.218 e. The third-order valence-corrected chi connectivity index (χ3v) is 2.99. The van der Waals surface area contributed by atoms with Gasteiger partial charge in [0.05, 0.1) is 0 Å². The molecule has 0 aromatic carbocycles. The second-order valence-electron chi connectivity index (χ2n) is 4.05. The minimum absolute atomic E-state index is 0.211. The molecule has 1 N–H and O–H groups in total. The minimum Gasteiger partial charge on any atom is -0.396 e. The summed E-state index contributed by atoms with van der Waals surface area (Å²) < 4.78 is 13.0. The maximum absolute atomic E-state index is 13.0. The first-order valence-corrected chi connectivity index (χ1v) is 5.66. The predicted octanol–water partition coefficient (Wildman–Crippen LogP) is 1.36. The number of anilines is 1. The number of nitrogens with zero attached hydrogens (tertiary/aromatic N) is 3. The maximum Gasteiger partial charge on any atom is 0.218 e. The lowest BCUT2D eigenvalue weighted by atomic mass is 10.1. The van der Waals surface area contributed by atoms with E-state index < -0.39 is 5.95 Å². The third kappa shape index (κ3) is 2.47. The van der Waals surface area contributed by atoms with Crippen LogP contribution >= 0.6 is 0 Å². The summed E-state index contributed by atoms with van der Waals surface area (Å²) >= 11 is 0. The Morgan fingerprint density at radius 3 is 3.12 bits per heavy atom. The van der Waals surface area contributed by atoms with E-state index in [1.165, 1.54) is 12.4 Å². The van der Waals surface area contributed by atoms with Gasteiger partial charge in [-0.25, -0.2) is 9.97 Å². The van der Waals surface area contributed by atoms with Gasteiger partial charge in [-0.2, -0.15) is 4.39 Å². The highest BCUT2D eigenvalue weighted by atomic mass is 19.1. The molecule has 1 aromatic heterocycles. The van der Waals surface area contributed by atoms with Crippen LogP contribution in [0.25, 0.3) is 0 Å². The lowest BCUT2D eigenvalue weighted by Crippen LogP contribution is -2.30. The summed E-state index contributed by atoms with van der Waals surface area (Å²) in [6.45, 7) is 1.12. The summed E-state index contributed by atoms with van der Waals surface area (Å²) in [5, 5.41) is 8.82. The van der Waals surface area contributed by atoms with Gasteiger partial charge in [0.2, 0.25) is 5.95 Å². The van der Waals surface area contributed by atoms with Crippen molar-refractivity contribution in [2.45, 2.75) is 31.7 Å². The Morgan fingerprint density at radius 1 is 1.50 bits per heavy atom. The van der Waals surface area contributed by atoms with E-state index in [-0.39, 0.29) is 6.61 Å². The molecule has 0 bridgehead atoms. The molecular formula is C11H16FN3O. The molecule has 2 rings (SSSR count). The van der Waals surface area contributed by atoms with E-state index in [0.29, 0.717) is 11.9 Å². The lowest BCUT2D eigenvalue weighted by molar-refractivity contribution is 0.279. The summed E-state index contributed by atoms with van der Waals surface area (Å²) in [4.78, 5) is 9.66. The van der Waals surface area contributed by atoms with Gasteiger partial charge in [0.1, 0.15) is 12.1 Å². The molecule has 1 atom stereocenters. The Morgan fingerprint density at radius 2 is 2.38 bits per heavy atom. The van der Waals surface area contributed by atoms with Crippen molar-refractivity contribution in [3.8, 4) is 0 Å². The standard InChI is InChI=1S/C11H16FN3O/c12-10-7-11(14-8-13-10)15-5-1-3-9(15)4-2-6-16/h7-9,16H,1-6H2. The van der Waals surface area contributed by atoms with Gasteiger partial charge < -0.3 is 10.0 Å². The molecule has 5 heteroatoms. The number of halogens is 1. The van der Waals surface area contributed by atoms with Gasteiger partial charge in [0.25, 0.3) is 0 Å². The van der Waals surface area contributed by atoms with Crippen LogP contribution in [-0.4, -0.2) is 34.3 Å². The molecule has 0 aliphatic carbocycles. The van der Waals surface area contributed by atoms with Crippen LogP contribution in [0.1, 0.15) is 25.7 Å². The van der Waals surface area contributed by atoms with Crippen molar-refractivity contribution in [1.82, 2.24) is 9.97 Å². The predicted molar refractivity (Wildman–Crippen MR) is 58.7 cm³/mol. The van der Waals surface area contributed by atoms with Crippen molar-refractivity contribution in [3.05, 3.63) is 18.3 Å². The quantitative estimate of drug-likeness (QED) is 0.786. The molecular weight excluding hydrogens is 209 g/mol. The van der Waals surface area contributed by atoms with Gasteiger partial charge in [-0.3, -0.25) is 0 Å². The van der Waals surface area contributed by atoms with Crippen molar-refractivity contribution in [3.63, 3.8) is 0 Å². The van der Waals surface area contributed by atoms with Crippen LogP contribution in [0.4, 0.5) is 10.2 Å². The summed E-state index contributed by atoms with van der Waals surface area (Å²) in [6, 6.07) is 1.75. The average Bonchev–Trinajstić information content (AvgIpc) is 2.74. The first kappa shape index (κ1) is 11.3. The third-order valence-electron chi connectivity index (χ3n) is 2.99. The van der Waals surface area contributed by atoms with Crippen LogP contribution in [-0.2, 0) is 0 Å². The summed E-state index contributed by atoms with van der Waals surface area (Å²) in [7, 11) is 0. The average molecular weight is 225 g/mol. The first-order valence-electron chi connectivity index (χ1n) is 5.66. The van der Waals surface area contributed by atoms with E-state index in [9.17, 15) is 4.39 Å². The fourth-order valence-electron chi connectivity index (χ4n) is 2.25. The molecule has 1 fully saturated rings. The van der Waals surface area contributed by atoms with Crippen LogP contribution in [0, 0.1) is 5.95 Å². The van der Waals surface area contributed by atoms with E-state index in [0.717, 1.165) is 32.2 Å². The van der Waals surface area contributed by atoms with Gasteiger partial charge in [-0.15, -0.1) is 0 Å². The zero-order valence-corrected chi connectivity index (χ0v) is 9.14. The molecule has 0 amide bonds. The van der Waals surface area contributed by atoms with Gasteiger partial charge in [0.15, 0.2) is 0 Å². The van der Waals surface area contributed by atoms with Crippen molar-refractivity contribution < 1.29 is 9.50 Å². The SMILES string of the molecule is OCCCC1CCCN1c1cc(F)ncn1. The Kier molecular flexibility index (Phi) is 3.66. The van der Waals surface area contributed by atoms with Crippen LogP contribution in [0.2, 0.25) is 0 Å². The number of aliphatic hydroxyl groups is 1. The van der Waals surface area contributed by atoms with Gasteiger partial charge in [0, 0.05) is 25.3 Å². The fraction of sp³-hybridized carbons (Fsp3) is 0.636. The van der Waals surface area contributed by atoms with Crippen LogP contribution in [0.5, 0.6) is 0 Å². The first-order chi connectivity index (χ1) is 7.81. The fourth-order valence-corrected chi connectivity index (χ4v) is 2.25. The number of rotatable bonds is 4. The van der Waals surface area contributed by atoms with E-state index >= 15 is 0 Å². The highest BCUT2D eigenvalue weighted by molar-refractivity contribution is 5.39. The highest BCUT2D eigenvalue weighted by Crippen LogP contribution is 2.26. The molecule has 0 saturated carbocycles. The van der Waals surface area contributed by atoms with Gasteiger partial charge in [-0.05, 0) is 25.7 Å². The Balaban J connectivity index is 2.07. The second kappa shape index (κ2) is 5.21. The molecule has 1 saturated heterocycles. The van der Waals surface area contributed by atoms with Gasteiger partial charge in [-0.1, -0.05) is 0 Å². The highest BCUT2D eigenvalue weighted by Gasteiger charge is 2.25. The van der Waals surface area contributed by atoms with E-state index in [4.69, 9.17) is 5.11 Å². The molecule has 0 radical (unpaired) electrons. The molecule has 2 heterocycles. The summed E-state index contributed by atoms with van der Waals surface area (Å²) in [5.41, 5.74) is 0. The van der Waals surface area contributed by atoms with Crippen molar-refractivity contribution >= 4 is 5.82 Å². The molecule has 4 nitrogen and oxygen atoms in total. The van der Waals surface area contributed by atoms with Crippen molar-refractivity contribution in [2.75, 3.05) is 18.1 Å². The molecule has 0 spiro atoms. The minimum atomic E-state index is -0.488. The van der Waals surface area contributed by atoms with Crippen LogP contribution in [0.3, 0.4) is 0 Å². The van der Waals surface area contributed by atoms with Crippen LogP contribution < -0.4 is 4.90 Å². The normalized spacial score (nSPS) is 20.4. The monoisotopic (exact) mass is 225 g/mol. The maximum atomic E-state index is 13.0. The number of hydrogen-bond acceptors (Lipinski definition) is 4. The summed E-state index contributed by atoms with van der Waals surface area (Å²) in [5.74, 6) is 0.172. The topological polar surface area (TPSA) is 49.2 Å².